The molecule has 1 saturated heterocycles. The van der Waals surface area contributed by atoms with Crippen LogP contribution in [0.5, 0.6) is 0 Å². The van der Waals surface area contributed by atoms with E-state index >= 15 is 0 Å². The molecule has 1 aromatic carbocycles. The van der Waals surface area contributed by atoms with Gasteiger partial charge in [0.25, 0.3) is 0 Å². The number of rotatable bonds is 3. The van der Waals surface area contributed by atoms with Crippen LogP contribution < -0.4 is 10.2 Å². The third-order valence-electron chi connectivity index (χ3n) is 5.00. The van der Waals surface area contributed by atoms with Crippen LogP contribution in [0.2, 0.25) is 0 Å². The number of nitrogens with one attached hydrogen (secondary N) is 1. The van der Waals surface area contributed by atoms with Gasteiger partial charge < -0.3 is 10.2 Å². The Kier molecular flexibility index (Phi) is 4.64. The smallest absolute Gasteiger partial charge is 0.227 e. The number of nitrogens with zero attached hydrogens (tertiary/aromatic N) is 1. The molecule has 1 atom stereocenters. The summed E-state index contributed by atoms with van der Waals surface area (Å²) in [6.45, 7) is 2.49. The Bertz CT molecular complexity index is 596. The first kappa shape index (κ1) is 16.0. The number of benzene rings is 1. The predicted molar refractivity (Wildman–Crippen MR) is 86.4 cm³/mol. The number of hydrogen-bond donors (Lipinski definition) is 1. The molecule has 1 aromatic rings. The molecule has 0 radical (unpaired) electrons. The molecule has 0 spiro atoms. The van der Waals surface area contributed by atoms with Crippen molar-refractivity contribution in [2.75, 3.05) is 11.4 Å². The van der Waals surface area contributed by atoms with E-state index in [0.29, 0.717) is 0 Å². The summed E-state index contributed by atoms with van der Waals surface area (Å²) in [5.41, 5.74) is 0.263. The largest absolute Gasteiger partial charge is 0.353 e. The first-order chi connectivity index (χ1) is 11.0. The Balaban J connectivity index is 1.61. The fourth-order valence-corrected chi connectivity index (χ4v) is 3.51. The van der Waals surface area contributed by atoms with Crippen molar-refractivity contribution in [3.8, 4) is 0 Å². The van der Waals surface area contributed by atoms with Crippen molar-refractivity contribution in [3.63, 3.8) is 0 Å². The third kappa shape index (κ3) is 3.54. The van der Waals surface area contributed by atoms with Crippen LogP contribution in [0.15, 0.2) is 24.3 Å². The van der Waals surface area contributed by atoms with Crippen molar-refractivity contribution in [2.24, 2.45) is 11.8 Å². The molecule has 4 nitrogen and oxygen atoms in total. The van der Waals surface area contributed by atoms with Gasteiger partial charge in [-0.3, -0.25) is 9.59 Å². The fourth-order valence-electron chi connectivity index (χ4n) is 3.51. The van der Waals surface area contributed by atoms with Gasteiger partial charge >= 0.3 is 0 Å². The van der Waals surface area contributed by atoms with Gasteiger partial charge in [0.1, 0.15) is 5.82 Å². The van der Waals surface area contributed by atoms with Crippen molar-refractivity contribution >= 4 is 17.5 Å². The summed E-state index contributed by atoms with van der Waals surface area (Å²) in [6.07, 6.45) is 4.43. The van der Waals surface area contributed by atoms with E-state index in [-0.39, 0.29) is 42.4 Å². The molecule has 23 heavy (non-hydrogen) atoms. The Labute approximate surface area is 136 Å². The average molecular weight is 318 g/mol. The standard InChI is InChI=1S/C18H23FN2O2/c1-12-6-8-14(9-7-12)20-18(23)13-10-17(22)21(11-13)16-5-3-2-4-15(16)19/h2-5,12-14H,6-11H2,1H3,(H,20,23)/t12?,13-,14?/m1/s1. The van der Waals surface area contributed by atoms with E-state index in [1.807, 2.05) is 0 Å². The lowest BCUT2D eigenvalue weighted by Crippen LogP contribution is -2.41. The second-order valence-electron chi connectivity index (χ2n) is 6.82. The number of carbonyl (C=O) groups is 2. The lowest BCUT2D eigenvalue weighted by atomic mass is 9.87. The molecule has 1 aliphatic heterocycles. The monoisotopic (exact) mass is 318 g/mol. The minimum absolute atomic E-state index is 0.0725. The maximum absolute atomic E-state index is 13.9. The average Bonchev–Trinajstić information content (AvgIpc) is 2.92. The first-order valence-electron chi connectivity index (χ1n) is 8.40. The Hall–Kier alpha value is -1.91. The molecule has 3 rings (SSSR count). The second-order valence-corrected chi connectivity index (χ2v) is 6.82. The van der Waals surface area contributed by atoms with Crippen LogP contribution in [0.25, 0.3) is 0 Å². The molecule has 1 N–H and O–H groups in total. The maximum atomic E-state index is 13.9. The molecule has 2 aliphatic rings. The van der Waals surface area contributed by atoms with E-state index in [4.69, 9.17) is 0 Å². The van der Waals surface area contributed by atoms with Gasteiger partial charge in [0.15, 0.2) is 0 Å². The Morgan fingerprint density at radius 1 is 1.22 bits per heavy atom. The van der Waals surface area contributed by atoms with E-state index in [1.165, 1.54) is 11.0 Å². The minimum atomic E-state index is -0.428. The van der Waals surface area contributed by atoms with Crippen LogP contribution in [0.3, 0.4) is 0 Å². The normalized spacial score (nSPS) is 28.0. The maximum Gasteiger partial charge on any atom is 0.227 e. The second kappa shape index (κ2) is 6.69. The van der Waals surface area contributed by atoms with Crippen molar-refractivity contribution in [1.29, 1.82) is 0 Å². The first-order valence-corrected chi connectivity index (χ1v) is 8.40. The minimum Gasteiger partial charge on any atom is -0.353 e. The quantitative estimate of drug-likeness (QED) is 0.931. The van der Waals surface area contributed by atoms with Gasteiger partial charge in [0, 0.05) is 19.0 Å². The highest BCUT2D eigenvalue weighted by molar-refractivity contribution is 6.00. The number of amides is 2. The fraction of sp³-hybridized carbons (Fsp3) is 0.556. The highest BCUT2D eigenvalue weighted by Crippen LogP contribution is 2.28. The molecule has 1 saturated carbocycles. The zero-order valence-electron chi connectivity index (χ0n) is 13.4. The van der Waals surface area contributed by atoms with Gasteiger partial charge in [-0.05, 0) is 43.7 Å². The molecular weight excluding hydrogens is 295 g/mol. The highest BCUT2D eigenvalue weighted by Gasteiger charge is 2.36. The van der Waals surface area contributed by atoms with Gasteiger partial charge in [-0.25, -0.2) is 4.39 Å². The summed E-state index contributed by atoms with van der Waals surface area (Å²) in [5.74, 6) is -0.346. The van der Waals surface area contributed by atoms with Crippen molar-refractivity contribution < 1.29 is 14.0 Å². The summed E-state index contributed by atoms with van der Waals surface area (Å²) in [4.78, 5) is 26.0. The Morgan fingerprint density at radius 2 is 1.91 bits per heavy atom. The number of anilines is 1. The molecule has 0 unspecified atom stereocenters. The van der Waals surface area contributed by atoms with E-state index in [1.54, 1.807) is 18.2 Å². The summed E-state index contributed by atoms with van der Waals surface area (Å²) >= 11 is 0. The van der Waals surface area contributed by atoms with E-state index in [0.717, 1.165) is 31.6 Å². The molecule has 0 bridgehead atoms. The predicted octanol–water partition coefficient (Wildman–Crippen LogP) is 2.87. The van der Waals surface area contributed by atoms with Crippen LogP contribution in [0.1, 0.15) is 39.0 Å². The van der Waals surface area contributed by atoms with Crippen LogP contribution in [0, 0.1) is 17.7 Å². The molecule has 1 heterocycles. The van der Waals surface area contributed by atoms with Gasteiger partial charge in [-0.15, -0.1) is 0 Å². The Morgan fingerprint density at radius 3 is 2.61 bits per heavy atom. The van der Waals surface area contributed by atoms with Crippen LogP contribution in [0.4, 0.5) is 10.1 Å². The van der Waals surface area contributed by atoms with Crippen molar-refractivity contribution in [1.82, 2.24) is 5.32 Å². The lowest BCUT2D eigenvalue weighted by Gasteiger charge is -2.27. The molecule has 1 aliphatic carbocycles. The number of hydrogen-bond acceptors (Lipinski definition) is 2. The number of halogens is 1. The van der Waals surface area contributed by atoms with Gasteiger partial charge in [0.2, 0.25) is 11.8 Å². The lowest BCUT2D eigenvalue weighted by molar-refractivity contribution is -0.127. The third-order valence-corrected chi connectivity index (χ3v) is 5.00. The molecule has 2 amide bonds. The summed E-state index contributed by atoms with van der Waals surface area (Å²) < 4.78 is 13.9. The van der Waals surface area contributed by atoms with Gasteiger partial charge in [-0.1, -0.05) is 19.1 Å². The highest BCUT2D eigenvalue weighted by atomic mass is 19.1. The molecule has 124 valence electrons. The van der Waals surface area contributed by atoms with E-state index < -0.39 is 5.82 Å². The molecule has 0 aromatic heterocycles. The summed E-state index contributed by atoms with van der Waals surface area (Å²) in [6, 6.07) is 6.42. The summed E-state index contributed by atoms with van der Waals surface area (Å²) in [7, 11) is 0. The van der Waals surface area contributed by atoms with Crippen molar-refractivity contribution in [2.45, 2.75) is 45.1 Å². The molecule has 5 heteroatoms. The van der Waals surface area contributed by atoms with Gasteiger partial charge in [0.05, 0.1) is 11.6 Å². The SMILES string of the molecule is CC1CCC(NC(=O)[C@@H]2CC(=O)N(c3ccccc3F)C2)CC1. The molecule has 2 fully saturated rings. The zero-order valence-corrected chi connectivity index (χ0v) is 13.4. The van der Waals surface area contributed by atoms with E-state index in [2.05, 4.69) is 12.2 Å². The number of para-hydroxylation sites is 1. The van der Waals surface area contributed by atoms with Gasteiger partial charge in [-0.2, -0.15) is 0 Å². The summed E-state index contributed by atoms with van der Waals surface area (Å²) in [5, 5.41) is 3.08. The zero-order chi connectivity index (χ0) is 16.4. The topological polar surface area (TPSA) is 49.4 Å². The van der Waals surface area contributed by atoms with E-state index in [9.17, 15) is 14.0 Å². The van der Waals surface area contributed by atoms with Crippen LogP contribution in [-0.4, -0.2) is 24.4 Å². The van der Waals surface area contributed by atoms with Crippen molar-refractivity contribution in [3.05, 3.63) is 30.1 Å². The van der Waals surface area contributed by atoms with Crippen LogP contribution in [-0.2, 0) is 9.59 Å². The number of carbonyl (C=O) groups excluding carboxylic acids is 2. The van der Waals surface area contributed by atoms with Crippen LogP contribution >= 0.6 is 0 Å². The molecular formula is C18H23FN2O2.